The van der Waals surface area contributed by atoms with Gasteiger partial charge >= 0.3 is 0 Å². The Labute approximate surface area is 244 Å². The predicted molar refractivity (Wildman–Crippen MR) is 161 cm³/mol. The summed E-state index contributed by atoms with van der Waals surface area (Å²) in [5.41, 5.74) is 5.65. The Balaban J connectivity index is 1.60. The maximum Gasteiger partial charge on any atom is 0.159 e. The van der Waals surface area contributed by atoms with Gasteiger partial charge in [-0.1, -0.05) is 42.8 Å². The van der Waals surface area contributed by atoms with E-state index in [-0.39, 0.29) is 10.8 Å². The number of hydrogen-bond donors (Lipinski definition) is 1. The van der Waals surface area contributed by atoms with Crippen molar-refractivity contribution in [3.63, 3.8) is 0 Å². The van der Waals surface area contributed by atoms with Crippen LogP contribution in [-0.2, 0) is 26.6 Å². The maximum absolute atomic E-state index is 9.35. The molecule has 0 aliphatic heterocycles. The molecular formula is C31H30ClN7O2. The number of rotatable bonds is 10. The molecule has 208 valence electrons. The van der Waals surface area contributed by atoms with Crippen LogP contribution in [-0.4, -0.2) is 33.7 Å². The van der Waals surface area contributed by atoms with Crippen LogP contribution in [0.3, 0.4) is 0 Å². The summed E-state index contributed by atoms with van der Waals surface area (Å²) >= 11 is 6.54. The first kappa shape index (κ1) is 27.7. The third kappa shape index (κ3) is 6.03. The summed E-state index contributed by atoms with van der Waals surface area (Å²) < 4.78 is 12.7. The third-order valence-corrected chi connectivity index (χ3v) is 7.14. The van der Waals surface area contributed by atoms with Crippen LogP contribution >= 0.6 is 11.6 Å². The second-order valence-corrected chi connectivity index (χ2v) is 9.89. The van der Waals surface area contributed by atoms with Crippen molar-refractivity contribution in [2.75, 3.05) is 24.4 Å². The minimum absolute atomic E-state index is 0.225. The Morgan fingerprint density at radius 2 is 1.56 bits per heavy atom. The Hall–Kier alpha value is -4.81. The molecular weight excluding hydrogens is 538 g/mol. The monoisotopic (exact) mass is 567 g/mol. The van der Waals surface area contributed by atoms with E-state index in [2.05, 4.69) is 21.3 Å². The van der Waals surface area contributed by atoms with Gasteiger partial charge in [0.05, 0.1) is 31.8 Å². The van der Waals surface area contributed by atoms with Gasteiger partial charge in [-0.15, -0.1) is 0 Å². The third-order valence-electron chi connectivity index (χ3n) is 6.86. The lowest BCUT2D eigenvalue weighted by Crippen LogP contribution is -2.24. The standard InChI is InChI=1S/C31H30ClN7O2/c1-5-22-14-23(16-33)35-30(32)28(22)36-27-15-26-29(34-19-38(26)2)31(37-27)39(17-20-6-10-24(40-3)11-7-20)18-21-8-12-25(41-4)13-9-21/h6-15,19H,5,17-18H2,1-4H3,(H,36,37). The topological polar surface area (TPSA) is 101 Å². The minimum atomic E-state index is 0.225. The molecule has 0 aliphatic carbocycles. The number of halogens is 1. The van der Waals surface area contributed by atoms with Crippen molar-refractivity contribution in [1.29, 1.82) is 5.26 Å². The molecule has 0 unspecified atom stereocenters. The van der Waals surface area contributed by atoms with Gasteiger partial charge in [-0.2, -0.15) is 5.26 Å². The maximum atomic E-state index is 9.35. The van der Waals surface area contributed by atoms with Gasteiger partial charge in [-0.25, -0.2) is 15.0 Å². The van der Waals surface area contributed by atoms with Crippen molar-refractivity contribution in [1.82, 2.24) is 19.5 Å². The summed E-state index contributed by atoms with van der Waals surface area (Å²) in [7, 11) is 5.27. The van der Waals surface area contributed by atoms with Crippen molar-refractivity contribution in [3.8, 4) is 17.6 Å². The van der Waals surface area contributed by atoms with E-state index in [1.54, 1.807) is 26.6 Å². The number of anilines is 3. The van der Waals surface area contributed by atoms with Crippen LogP contribution < -0.4 is 19.7 Å². The normalized spacial score (nSPS) is 10.8. The predicted octanol–water partition coefficient (Wildman–Crippen LogP) is 6.42. The molecule has 5 rings (SSSR count). The van der Waals surface area contributed by atoms with E-state index in [1.165, 1.54) is 0 Å². The molecule has 0 saturated heterocycles. The second kappa shape index (κ2) is 12.1. The van der Waals surface area contributed by atoms with E-state index < -0.39 is 0 Å². The zero-order valence-electron chi connectivity index (χ0n) is 23.3. The zero-order chi connectivity index (χ0) is 28.9. The summed E-state index contributed by atoms with van der Waals surface area (Å²) in [6.07, 6.45) is 2.45. The first-order chi connectivity index (χ1) is 19.9. The van der Waals surface area contributed by atoms with E-state index in [0.29, 0.717) is 36.8 Å². The Morgan fingerprint density at radius 3 is 2.10 bits per heavy atom. The van der Waals surface area contributed by atoms with Crippen LogP contribution in [0, 0.1) is 11.3 Å². The number of methoxy groups -OCH3 is 2. The van der Waals surface area contributed by atoms with E-state index in [9.17, 15) is 5.26 Å². The average Bonchev–Trinajstić information content (AvgIpc) is 3.38. The van der Waals surface area contributed by atoms with Crippen molar-refractivity contribution >= 4 is 40.0 Å². The van der Waals surface area contributed by atoms with E-state index in [0.717, 1.165) is 39.2 Å². The number of hydrogen-bond acceptors (Lipinski definition) is 8. The smallest absolute Gasteiger partial charge is 0.159 e. The number of nitrogens with one attached hydrogen (secondary N) is 1. The van der Waals surface area contributed by atoms with E-state index >= 15 is 0 Å². The molecule has 3 aromatic heterocycles. The molecule has 0 bridgehead atoms. The molecule has 2 aromatic carbocycles. The number of aryl methyl sites for hydroxylation is 2. The van der Waals surface area contributed by atoms with Crippen LogP contribution in [0.5, 0.6) is 11.5 Å². The van der Waals surface area contributed by atoms with Crippen LogP contribution in [0.4, 0.5) is 17.3 Å². The van der Waals surface area contributed by atoms with Crippen LogP contribution in [0.25, 0.3) is 11.0 Å². The summed E-state index contributed by atoms with van der Waals surface area (Å²) in [6.45, 7) is 3.17. The number of nitrogens with zero attached hydrogens (tertiary/aromatic N) is 6. The molecule has 0 aliphatic rings. The summed E-state index contributed by atoms with van der Waals surface area (Å²) in [6, 6.07) is 21.8. The van der Waals surface area contributed by atoms with Gasteiger partial charge in [0.15, 0.2) is 11.0 Å². The molecule has 5 aromatic rings. The number of nitriles is 1. The highest BCUT2D eigenvalue weighted by molar-refractivity contribution is 6.32. The molecule has 0 spiro atoms. The Kier molecular flexibility index (Phi) is 8.22. The second-order valence-electron chi connectivity index (χ2n) is 9.53. The highest BCUT2D eigenvalue weighted by Gasteiger charge is 2.20. The molecule has 1 N–H and O–H groups in total. The number of benzene rings is 2. The number of ether oxygens (including phenoxy) is 2. The number of aromatic nitrogens is 4. The average molecular weight is 568 g/mol. The first-order valence-corrected chi connectivity index (χ1v) is 13.5. The summed E-state index contributed by atoms with van der Waals surface area (Å²) in [5.74, 6) is 2.90. The van der Waals surface area contributed by atoms with E-state index in [4.69, 9.17) is 31.0 Å². The molecule has 41 heavy (non-hydrogen) atoms. The van der Waals surface area contributed by atoms with Gasteiger partial charge in [0.25, 0.3) is 0 Å². The van der Waals surface area contributed by atoms with Crippen LogP contribution in [0.2, 0.25) is 5.15 Å². The van der Waals surface area contributed by atoms with Gasteiger partial charge in [0.1, 0.15) is 34.6 Å². The highest BCUT2D eigenvalue weighted by atomic mass is 35.5. The molecule has 10 heteroatoms. The van der Waals surface area contributed by atoms with Crippen molar-refractivity contribution in [3.05, 3.63) is 94.5 Å². The lowest BCUT2D eigenvalue weighted by atomic mass is 10.1. The summed E-state index contributed by atoms with van der Waals surface area (Å²) in [4.78, 5) is 16.2. The SMILES string of the molecule is CCc1cc(C#N)nc(Cl)c1Nc1cc2c(ncn2C)c(N(Cc2ccc(OC)cc2)Cc2ccc(OC)cc2)n1. The van der Waals surface area contributed by atoms with Gasteiger partial charge in [-0.05, 0) is 53.4 Å². The Morgan fingerprint density at radius 1 is 0.951 bits per heavy atom. The first-order valence-electron chi connectivity index (χ1n) is 13.1. The molecule has 0 fully saturated rings. The number of fused-ring (bicyclic) bond motifs is 1. The van der Waals surface area contributed by atoms with Gasteiger partial charge < -0.3 is 24.3 Å². The fourth-order valence-corrected chi connectivity index (χ4v) is 4.92. The van der Waals surface area contributed by atoms with Crippen molar-refractivity contribution < 1.29 is 9.47 Å². The fraction of sp³-hybridized carbons (Fsp3) is 0.226. The van der Waals surface area contributed by atoms with Crippen molar-refractivity contribution in [2.24, 2.45) is 7.05 Å². The lowest BCUT2D eigenvalue weighted by molar-refractivity contribution is 0.414. The van der Waals surface area contributed by atoms with Crippen molar-refractivity contribution in [2.45, 2.75) is 26.4 Å². The van der Waals surface area contributed by atoms with Gasteiger partial charge in [0, 0.05) is 26.2 Å². The fourth-order valence-electron chi connectivity index (χ4n) is 4.66. The summed E-state index contributed by atoms with van der Waals surface area (Å²) in [5, 5.41) is 13.0. The highest BCUT2D eigenvalue weighted by Crippen LogP contribution is 2.33. The zero-order valence-corrected chi connectivity index (χ0v) is 24.1. The largest absolute Gasteiger partial charge is 0.497 e. The van der Waals surface area contributed by atoms with Gasteiger partial charge in [0.2, 0.25) is 0 Å². The molecule has 9 nitrogen and oxygen atoms in total. The minimum Gasteiger partial charge on any atom is -0.497 e. The van der Waals surface area contributed by atoms with E-state index in [1.807, 2.05) is 73.1 Å². The van der Waals surface area contributed by atoms with Crippen LogP contribution in [0.1, 0.15) is 29.3 Å². The lowest BCUT2D eigenvalue weighted by Gasteiger charge is -2.25. The molecule has 0 atom stereocenters. The van der Waals surface area contributed by atoms with Crippen LogP contribution in [0.15, 0.2) is 67.0 Å². The van der Waals surface area contributed by atoms with Gasteiger partial charge in [-0.3, -0.25) is 0 Å². The molecule has 0 radical (unpaired) electrons. The molecule has 3 heterocycles. The number of imidazole rings is 1. The quantitative estimate of drug-likeness (QED) is 0.193. The molecule has 0 amide bonds. The number of pyridine rings is 2. The Bertz CT molecular complexity index is 1660. The molecule has 0 saturated carbocycles.